The molecule has 3 unspecified atom stereocenters. The van der Waals surface area contributed by atoms with Crippen LogP contribution in [0.3, 0.4) is 0 Å². The number of likely N-dealkylation sites (tertiary alicyclic amines) is 1. The average molecular weight is 438 g/mol. The molecule has 0 bridgehead atoms. The molecule has 31 heavy (non-hydrogen) atoms. The van der Waals surface area contributed by atoms with E-state index in [1.807, 2.05) is 36.1 Å². The molecule has 2 aromatic heterocycles. The Morgan fingerprint density at radius 2 is 2.00 bits per heavy atom. The number of nitrogens with zero attached hydrogens (tertiary/aromatic N) is 5. The van der Waals surface area contributed by atoms with E-state index in [2.05, 4.69) is 18.9 Å². The lowest BCUT2D eigenvalue weighted by Gasteiger charge is -2.35. The van der Waals surface area contributed by atoms with E-state index in [0.29, 0.717) is 40.2 Å². The van der Waals surface area contributed by atoms with Crippen molar-refractivity contribution in [3.8, 4) is 5.69 Å². The lowest BCUT2D eigenvalue weighted by atomic mass is 9.91. The van der Waals surface area contributed by atoms with E-state index in [4.69, 9.17) is 4.98 Å². The number of carbonyl (C=O) groups is 1. The first kappa shape index (κ1) is 20.3. The lowest BCUT2D eigenvalue weighted by Crippen LogP contribution is -2.43. The second-order valence-corrected chi connectivity index (χ2v) is 10.1. The molecule has 8 heteroatoms. The van der Waals surface area contributed by atoms with Crippen molar-refractivity contribution in [3.63, 3.8) is 0 Å². The van der Waals surface area contributed by atoms with Crippen molar-refractivity contribution in [1.29, 1.82) is 0 Å². The summed E-state index contributed by atoms with van der Waals surface area (Å²) in [5.74, 6) is 1.88. The topological polar surface area (TPSA) is 73.0 Å². The van der Waals surface area contributed by atoms with Crippen molar-refractivity contribution in [3.05, 3.63) is 46.4 Å². The molecule has 2 aliphatic rings. The standard InChI is InChI=1S/C23H27N5O2S/c1-14-5-4-6-17(8-14)28-21-19(10-24-28)22(30)27-18(13-31-23(27)25-21)9-20(29)26-11-15(2)7-16(3)12-26/h4-6,8,10,15-16,18H,7,9,11-13H2,1-3H3. The fraction of sp³-hybridized carbons (Fsp3) is 0.478. The number of hydrogen-bond donors (Lipinski definition) is 0. The molecular weight excluding hydrogens is 410 g/mol. The van der Waals surface area contributed by atoms with E-state index in [9.17, 15) is 9.59 Å². The summed E-state index contributed by atoms with van der Waals surface area (Å²) < 4.78 is 3.43. The highest BCUT2D eigenvalue weighted by molar-refractivity contribution is 7.99. The minimum atomic E-state index is -0.160. The molecule has 0 spiro atoms. The molecule has 1 saturated heterocycles. The third kappa shape index (κ3) is 3.67. The highest BCUT2D eigenvalue weighted by Gasteiger charge is 2.32. The van der Waals surface area contributed by atoms with Crippen LogP contribution in [0.25, 0.3) is 16.7 Å². The molecule has 162 valence electrons. The predicted octanol–water partition coefficient (Wildman–Crippen LogP) is 3.43. The zero-order valence-corrected chi connectivity index (χ0v) is 18.9. The van der Waals surface area contributed by atoms with Gasteiger partial charge in [0.1, 0.15) is 5.39 Å². The van der Waals surface area contributed by atoms with Crippen molar-refractivity contribution in [2.45, 2.75) is 44.8 Å². The Labute approximate surface area is 185 Å². The van der Waals surface area contributed by atoms with Crippen molar-refractivity contribution in [2.24, 2.45) is 11.8 Å². The summed E-state index contributed by atoms with van der Waals surface area (Å²) in [4.78, 5) is 33.1. The molecule has 7 nitrogen and oxygen atoms in total. The van der Waals surface area contributed by atoms with Crippen molar-refractivity contribution < 1.29 is 4.79 Å². The first-order valence-electron chi connectivity index (χ1n) is 10.9. The maximum absolute atomic E-state index is 13.3. The van der Waals surface area contributed by atoms with Crippen LogP contribution in [0.15, 0.2) is 40.4 Å². The summed E-state index contributed by atoms with van der Waals surface area (Å²) >= 11 is 1.55. The molecule has 1 fully saturated rings. The smallest absolute Gasteiger partial charge is 0.265 e. The maximum atomic E-state index is 13.3. The summed E-state index contributed by atoms with van der Waals surface area (Å²) in [6.07, 6.45) is 3.10. The number of fused-ring (bicyclic) bond motifs is 2. The van der Waals surface area contributed by atoms with Gasteiger partial charge in [0.05, 0.1) is 17.9 Å². The number of rotatable bonds is 3. The van der Waals surface area contributed by atoms with Gasteiger partial charge < -0.3 is 4.90 Å². The molecule has 4 heterocycles. The SMILES string of the molecule is Cc1cccc(-n2ncc3c(=O)n4c(nc32)SCC4CC(=O)N2CC(C)CC(C)C2)c1. The maximum Gasteiger partial charge on any atom is 0.265 e. The van der Waals surface area contributed by atoms with Gasteiger partial charge in [0.2, 0.25) is 5.91 Å². The van der Waals surface area contributed by atoms with Gasteiger partial charge in [-0.05, 0) is 42.9 Å². The molecule has 0 aliphatic carbocycles. The number of carbonyl (C=O) groups excluding carboxylic acids is 1. The van der Waals surface area contributed by atoms with Crippen LogP contribution >= 0.6 is 11.8 Å². The van der Waals surface area contributed by atoms with E-state index < -0.39 is 0 Å². The van der Waals surface area contributed by atoms with Crippen LogP contribution in [0.1, 0.15) is 38.3 Å². The fourth-order valence-electron chi connectivity index (χ4n) is 4.93. The molecule has 1 amide bonds. The van der Waals surface area contributed by atoms with E-state index in [0.717, 1.165) is 30.8 Å². The molecule has 3 atom stereocenters. The van der Waals surface area contributed by atoms with Gasteiger partial charge in [-0.3, -0.25) is 14.2 Å². The number of aryl methyl sites for hydroxylation is 1. The molecule has 2 aliphatic heterocycles. The second kappa shape index (κ2) is 7.82. The van der Waals surface area contributed by atoms with Gasteiger partial charge in [-0.25, -0.2) is 9.67 Å². The number of piperidine rings is 1. The van der Waals surface area contributed by atoms with Gasteiger partial charge in [0.15, 0.2) is 10.8 Å². The van der Waals surface area contributed by atoms with Crippen molar-refractivity contribution >= 4 is 28.7 Å². The predicted molar refractivity (Wildman–Crippen MR) is 122 cm³/mol. The lowest BCUT2D eigenvalue weighted by molar-refractivity contribution is -0.134. The fourth-order valence-corrected chi connectivity index (χ4v) is 6.06. The van der Waals surface area contributed by atoms with E-state index in [-0.39, 0.29) is 17.5 Å². The number of thioether (sulfide) groups is 1. The minimum Gasteiger partial charge on any atom is -0.342 e. The van der Waals surface area contributed by atoms with Crippen LogP contribution in [-0.4, -0.2) is 49.0 Å². The Bertz CT molecular complexity index is 1210. The van der Waals surface area contributed by atoms with E-state index in [1.54, 1.807) is 27.2 Å². The van der Waals surface area contributed by atoms with Gasteiger partial charge in [0, 0.05) is 25.3 Å². The number of hydrogen-bond acceptors (Lipinski definition) is 5. The molecule has 1 aromatic carbocycles. The zero-order valence-electron chi connectivity index (χ0n) is 18.1. The van der Waals surface area contributed by atoms with Gasteiger partial charge in [-0.1, -0.05) is 37.7 Å². The summed E-state index contributed by atoms with van der Waals surface area (Å²) in [7, 11) is 0. The van der Waals surface area contributed by atoms with Crippen molar-refractivity contribution in [2.75, 3.05) is 18.8 Å². The Morgan fingerprint density at radius 1 is 1.23 bits per heavy atom. The Morgan fingerprint density at radius 3 is 2.74 bits per heavy atom. The molecule has 0 N–H and O–H groups in total. The summed E-state index contributed by atoms with van der Waals surface area (Å²) in [5.41, 5.74) is 2.46. The van der Waals surface area contributed by atoms with Crippen LogP contribution in [0.5, 0.6) is 0 Å². The summed E-state index contributed by atoms with van der Waals surface area (Å²) in [5, 5.41) is 5.60. The van der Waals surface area contributed by atoms with Gasteiger partial charge >= 0.3 is 0 Å². The third-order valence-electron chi connectivity index (χ3n) is 6.25. The van der Waals surface area contributed by atoms with Crippen LogP contribution in [-0.2, 0) is 4.79 Å². The highest BCUT2D eigenvalue weighted by atomic mass is 32.2. The van der Waals surface area contributed by atoms with Crippen LogP contribution in [0.4, 0.5) is 0 Å². The molecule has 0 saturated carbocycles. The van der Waals surface area contributed by atoms with Gasteiger partial charge in [-0.15, -0.1) is 0 Å². The Hall–Kier alpha value is -2.61. The number of benzene rings is 1. The Balaban J connectivity index is 1.46. The third-order valence-corrected chi connectivity index (χ3v) is 7.35. The quantitative estimate of drug-likeness (QED) is 0.587. The van der Waals surface area contributed by atoms with E-state index >= 15 is 0 Å². The number of aromatic nitrogens is 4. The van der Waals surface area contributed by atoms with E-state index in [1.165, 1.54) is 0 Å². The van der Waals surface area contributed by atoms with Crippen LogP contribution in [0.2, 0.25) is 0 Å². The Kier molecular flexibility index (Phi) is 5.12. The molecule has 0 radical (unpaired) electrons. The van der Waals surface area contributed by atoms with Crippen LogP contribution < -0.4 is 5.56 Å². The number of amides is 1. The molecule has 3 aromatic rings. The van der Waals surface area contributed by atoms with Gasteiger partial charge in [0.25, 0.3) is 5.56 Å². The molecular formula is C23H27N5O2S. The average Bonchev–Trinajstić information content (AvgIpc) is 3.32. The normalized spacial score (nSPS) is 23.3. The monoisotopic (exact) mass is 437 g/mol. The van der Waals surface area contributed by atoms with Crippen molar-refractivity contribution in [1.82, 2.24) is 24.2 Å². The van der Waals surface area contributed by atoms with Crippen LogP contribution in [0, 0.1) is 18.8 Å². The highest BCUT2D eigenvalue weighted by Crippen LogP contribution is 2.34. The molecule has 5 rings (SSSR count). The summed E-state index contributed by atoms with van der Waals surface area (Å²) in [6.45, 7) is 8.05. The first-order valence-corrected chi connectivity index (χ1v) is 11.9. The zero-order chi connectivity index (χ0) is 21.7. The first-order chi connectivity index (χ1) is 14.9. The minimum absolute atomic E-state index is 0.109. The largest absolute Gasteiger partial charge is 0.342 e. The van der Waals surface area contributed by atoms with Gasteiger partial charge in [-0.2, -0.15) is 5.10 Å². The second-order valence-electron chi connectivity index (χ2n) is 9.12. The summed E-state index contributed by atoms with van der Waals surface area (Å²) in [6, 6.07) is 7.81.